The molecule has 0 saturated carbocycles. The van der Waals surface area contributed by atoms with Crippen LogP contribution in [0, 0.1) is 6.92 Å². The van der Waals surface area contributed by atoms with Gasteiger partial charge in [0.2, 0.25) is 0 Å². The average Bonchev–Trinajstić information content (AvgIpc) is 3.89. The molecule has 0 amide bonds. The maximum absolute atomic E-state index is 14.8. The average molecular weight is 815 g/mol. The fourth-order valence-electron chi connectivity index (χ4n) is 7.61. The third-order valence-electron chi connectivity index (χ3n) is 11.1. The van der Waals surface area contributed by atoms with E-state index in [4.69, 9.17) is 14.3 Å². The quantitative estimate of drug-likeness (QED) is 0.116. The molecule has 1 fully saturated rings. The van der Waals surface area contributed by atoms with Gasteiger partial charge in [0.25, 0.3) is 0 Å². The number of halogens is 7. The van der Waals surface area contributed by atoms with E-state index in [1.807, 2.05) is 117 Å². The number of alkyl halides is 7. The summed E-state index contributed by atoms with van der Waals surface area (Å²) >= 11 is 0. The van der Waals surface area contributed by atoms with Crippen LogP contribution in [0.5, 0.6) is 0 Å². The largest absolute Gasteiger partial charge is 0.598 e. The number of aryl methyl sites for hydroxylation is 1. The number of allylic oxidation sites excluding steroid dienone is 1. The van der Waals surface area contributed by atoms with E-state index >= 15 is 0 Å². The first kappa shape index (κ1) is 42.2. The minimum Gasteiger partial charge on any atom is -0.389 e. The molecule has 1 aromatic heterocycles. The molecule has 1 unspecified atom stereocenters. The highest BCUT2D eigenvalue weighted by Gasteiger charge is 2.73. The number of rotatable bonds is 8. The van der Waals surface area contributed by atoms with Gasteiger partial charge in [0.15, 0.2) is 0 Å². The summed E-state index contributed by atoms with van der Waals surface area (Å²) in [5.41, 5.74) is 10.9. The summed E-state index contributed by atoms with van der Waals surface area (Å²) < 4.78 is 111. The number of hydrogen-bond donors (Lipinski definition) is 0. The van der Waals surface area contributed by atoms with Crippen molar-refractivity contribution in [3.63, 3.8) is 0 Å². The first-order valence-corrected chi connectivity index (χ1v) is 19.5. The van der Waals surface area contributed by atoms with Gasteiger partial charge in [0.1, 0.15) is 0 Å². The molecule has 1 atom stereocenters. The summed E-state index contributed by atoms with van der Waals surface area (Å²) in [5.74, 6) is -11.7. The van der Waals surface area contributed by atoms with Gasteiger partial charge in [-0.3, -0.25) is 0 Å². The van der Waals surface area contributed by atoms with E-state index in [0.717, 1.165) is 44.7 Å². The molecular formula is C47H46BF7N2O2. The van der Waals surface area contributed by atoms with E-state index in [1.165, 1.54) is 0 Å². The third kappa shape index (κ3) is 7.93. The van der Waals surface area contributed by atoms with Crippen molar-refractivity contribution in [3.8, 4) is 22.4 Å². The highest BCUT2D eigenvalue weighted by atomic mass is 19.4. The Labute approximate surface area is 341 Å². The Hall–Kier alpha value is -4.94. The Morgan fingerprint density at radius 2 is 1.22 bits per heavy atom. The molecule has 0 bridgehead atoms. The van der Waals surface area contributed by atoms with Gasteiger partial charge in [-0.1, -0.05) is 144 Å². The van der Waals surface area contributed by atoms with Crippen LogP contribution in [0.15, 0.2) is 108 Å². The molecule has 2 aliphatic rings. The number of hydrogen-bond acceptors (Lipinski definition) is 3. The van der Waals surface area contributed by atoms with Gasteiger partial charge in [-0.2, -0.15) is 30.7 Å². The molecular weight excluding hydrogens is 768 g/mol. The molecule has 0 N–H and O–H groups in total. The lowest BCUT2D eigenvalue weighted by atomic mass is 9.86. The van der Waals surface area contributed by atoms with Gasteiger partial charge in [-0.05, 0) is 58.6 Å². The van der Waals surface area contributed by atoms with Crippen molar-refractivity contribution >= 4 is 24.2 Å². The van der Waals surface area contributed by atoms with E-state index in [0.29, 0.717) is 33.8 Å². The monoisotopic (exact) mass is 814 g/mol. The zero-order valence-corrected chi connectivity index (χ0v) is 34.2. The normalized spacial score (nSPS) is 17.4. The molecule has 3 heterocycles. The van der Waals surface area contributed by atoms with E-state index < -0.39 is 44.4 Å². The minimum atomic E-state index is -6.47. The highest BCUT2D eigenvalue weighted by molar-refractivity contribution is 6.45. The van der Waals surface area contributed by atoms with Crippen molar-refractivity contribution in [1.82, 2.24) is 4.48 Å². The van der Waals surface area contributed by atoms with E-state index in [1.54, 1.807) is 4.48 Å². The van der Waals surface area contributed by atoms with Crippen LogP contribution >= 0.6 is 0 Å². The number of nitrogens with zero attached hydrogens (tertiary/aromatic N) is 2. The number of fused-ring (bicyclic) bond motifs is 1. The van der Waals surface area contributed by atoms with Crippen molar-refractivity contribution in [3.05, 3.63) is 142 Å². The lowest BCUT2D eigenvalue weighted by Gasteiger charge is -2.29. The SMILES string of the molecule is C/C(=C1/N=C(c2ccc(C)cc2)c2ccccc21)c1c(-c2ccc(C(C)(C)C)cc2)cc(-c2ccc(C(C)(C)C)cc2)n1B1OCC(CC(F)(F)C(F)(F)C(F)(F)F)O1. The standard InChI is InChI=1S/C47H46BF7N2O2/c1-28-13-15-32(16-14-28)41-37-12-10-9-11-36(37)40(56-41)29(2)42-38(30-17-21-33(22-18-30)43(3,4)5)25-39(31-19-23-34(24-20-31)44(6,7)8)57(42)48-58-27-35(59-48)26-45(49,50)46(51,52)47(53,54)55/h9-25,35H,26-27H2,1-8H3/b40-29-. The van der Waals surface area contributed by atoms with Crippen LogP contribution in [0.2, 0.25) is 0 Å². The highest BCUT2D eigenvalue weighted by Crippen LogP contribution is 2.50. The number of benzene rings is 4. The lowest BCUT2D eigenvalue weighted by Crippen LogP contribution is -2.53. The second kappa shape index (κ2) is 15.0. The summed E-state index contributed by atoms with van der Waals surface area (Å²) in [7, 11) is -1.49. The number of aliphatic imine (C=N–C) groups is 1. The maximum Gasteiger partial charge on any atom is 0.598 e. The van der Waals surface area contributed by atoms with Gasteiger partial charge in [0, 0.05) is 40.1 Å². The Morgan fingerprint density at radius 1 is 0.695 bits per heavy atom. The topological polar surface area (TPSA) is 35.8 Å². The third-order valence-corrected chi connectivity index (χ3v) is 11.1. The van der Waals surface area contributed by atoms with E-state index in [9.17, 15) is 30.7 Å². The fourth-order valence-corrected chi connectivity index (χ4v) is 7.61. The molecule has 1 saturated heterocycles. The predicted molar refractivity (Wildman–Crippen MR) is 221 cm³/mol. The Balaban J connectivity index is 1.46. The summed E-state index contributed by atoms with van der Waals surface area (Å²) in [6, 6.07) is 33.7. The maximum atomic E-state index is 14.8. The molecule has 0 aliphatic carbocycles. The van der Waals surface area contributed by atoms with Crippen LogP contribution in [0.25, 0.3) is 33.7 Å². The first-order chi connectivity index (χ1) is 27.5. The number of aromatic nitrogens is 1. The van der Waals surface area contributed by atoms with Crippen molar-refractivity contribution in [1.29, 1.82) is 0 Å². The van der Waals surface area contributed by atoms with Gasteiger partial charge in [-0.15, -0.1) is 0 Å². The Morgan fingerprint density at radius 3 is 1.76 bits per heavy atom. The molecule has 0 spiro atoms. The molecule has 12 heteroatoms. The van der Waals surface area contributed by atoms with Gasteiger partial charge in [-0.25, -0.2) is 4.99 Å². The van der Waals surface area contributed by atoms with Crippen LogP contribution in [0.4, 0.5) is 30.7 Å². The molecule has 5 aromatic rings. The molecule has 7 rings (SSSR count). The van der Waals surface area contributed by atoms with Gasteiger partial charge < -0.3 is 13.8 Å². The van der Waals surface area contributed by atoms with Crippen LogP contribution in [0.1, 0.15) is 94.0 Å². The van der Waals surface area contributed by atoms with Crippen LogP contribution in [-0.2, 0) is 20.1 Å². The van der Waals surface area contributed by atoms with Crippen LogP contribution < -0.4 is 0 Å². The zero-order chi connectivity index (χ0) is 42.9. The van der Waals surface area contributed by atoms with Gasteiger partial charge >= 0.3 is 25.3 Å². The lowest BCUT2D eigenvalue weighted by molar-refractivity contribution is -0.357. The molecule has 2 aliphatic heterocycles. The van der Waals surface area contributed by atoms with E-state index in [2.05, 4.69) is 41.5 Å². The van der Waals surface area contributed by atoms with Crippen LogP contribution in [0.3, 0.4) is 0 Å². The molecule has 4 nitrogen and oxygen atoms in total. The molecule has 59 heavy (non-hydrogen) atoms. The zero-order valence-electron chi connectivity index (χ0n) is 34.2. The van der Waals surface area contributed by atoms with Crippen molar-refractivity contribution in [2.75, 3.05) is 6.61 Å². The second-order valence-electron chi connectivity index (χ2n) is 17.5. The smallest absolute Gasteiger partial charge is 0.389 e. The summed E-state index contributed by atoms with van der Waals surface area (Å²) in [6.45, 7) is 15.8. The fraction of sp³-hybridized carbons (Fsp3) is 0.340. The van der Waals surface area contributed by atoms with Crippen molar-refractivity contribution in [2.24, 2.45) is 4.99 Å². The molecule has 0 radical (unpaired) electrons. The van der Waals surface area contributed by atoms with E-state index in [-0.39, 0.29) is 10.8 Å². The Bertz CT molecular complexity index is 2420. The van der Waals surface area contributed by atoms with Gasteiger partial charge in [0.05, 0.1) is 24.1 Å². The van der Waals surface area contributed by atoms with Crippen molar-refractivity contribution in [2.45, 2.75) is 96.8 Å². The van der Waals surface area contributed by atoms with Crippen molar-refractivity contribution < 1.29 is 40.0 Å². The predicted octanol–water partition coefficient (Wildman–Crippen LogP) is 12.9. The Kier molecular flexibility index (Phi) is 10.7. The summed E-state index contributed by atoms with van der Waals surface area (Å²) in [4.78, 5) is 5.23. The molecule has 4 aromatic carbocycles. The van der Waals surface area contributed by atoms with Crippen LogP contribution in [-0.4, -0.2) is 48.2 Å². The minimum absolute atomic E-state index is 0.147. The molecule has 308 valence electrons. The summed E-state index contributed by atoms with van der Waals surface area (Å²) in [5, 5.41) is 0. The second-order valence-corrected chi connectivity index (χ2v) is 17.5. The first-order valence-electron chi connectivity index (χ1n) is 19.5. The summed E-state index contributed by atoms with van der Waals surface area (Å²) in [6.07, 6.45) is -10.2.